The summed E-state index contributed by atoms with van der Waals surface area (Å²) in [5.41, 5.74) is 22.7. The second-order valence-corrected chi connectivity index (χ2v) is 19.7. The fourth-order valence-corrected chi connectivity index (χ4v) is 12.2. The molecule has 0 aliphatic heterocycles. The molecule has 1 atom stereocenters. The lowest BCUT2D eigenvalue weighted by molar-refractivity contribution is 0.714. The topological polar surface area (TPSA) is 8.17 Å². The van der Waals surface area contributed by atoms with Crippen LogP contribution in [0.4, 0.5) is 17.1 Å². The number of nitrogens with zero attached hydrogens (tertiary/aromatic N) is 2. The van der Waals surface area contributed by atoms with Gasteiger partial charge in [0.25, 0.3) is 0 Å². The van der Waals surface area contributed by atoms with Gasteiger partial charge in [-0.1, -0.05) is 224 Å². The average molecular weight is 943 g/mol. The molecule has 0 spiro atoms. The fourth-order valence-electron chi connectivity index (χ4n) is 12.2. The van der Waals surface area contributed by atoms with E-state index in [1.54, 1.807) is 0 Å². The van der Waals surface area contributed by atoms with E-state index in [-0.39, 0.29) is 5.41 Å². The number of aromatic nitrogens is 1. The molecule has 1 unspecified atom stereocenters. The maximum atomic E-state index is 2.45. The lowest BCUT2D eigenvalue weighted by atomic mass is 9.74. The summed E-state index contributed by atoms with van der Waals surface area (Å²) in [6.45, 7) is 2.39. The monoisotopic (exact) mass is 942 g/mol. The highest BCUT2D eigenvalue weighted by molar-refractivity contribution is 6.11. The van der Waals surface area contributed by atoms with E-state index >= 15 is 0 Å². The van der Waals surface area contributed by atoms with Gasteiger partial charge in [0.15, 0.2) is 0 Å². The molecule has 74 heavy (non-hydrogen) atoms. The maximum absolute atomic E-state index is 2.45. The third kappa shape index (κ3) is 6.94. The molecule has 0 amide bonds. The van der Waals surface area contributed by atoms with E-state index in [1.807, 2.05) is 0 Å². The van der Waals surface area contributed by atoms with Gasteiger partial charge in [-0.05, 0) is 145 Å². The maximum Gasteiger partial charge on any atom is 0.0541 e. The van der Waals surface area contributed by atoms with Crippen LogP contribution in [0.15, 0.2) is 285 Å². The third-order valence-corrected chi connectivity index (χ3v) is 15.7. The molecule has 1 heterocycles. The first-order valence-corrected chi connectivity index (χ1v) is 25.7. The Morgan fingerprint density at radius 3 is 1.62 bits per heavy atom. The van der Waals surface area contributed by atoms with Gasteiger partial charge in [0.2, 0.25) is 0 Å². The summed E-state index contributed by atoms with van der Waals surface area (Å²) in [5, 5.41) is 4.94. The molecule has 2 nitrogen and oxygen atoms in total. The molecule has 2 heteroatoms. The molecule has 0 fully saturated rings. The molecule has 1 aliphatic rings. The van der Waals surface area contributed by atoms with Crippen molar-refractivity contribution in [1.29, 1.82) is 0 Å². The van der Waals surface area contributed by atoms with Crippen LogP contribution in [-0.2, 0) is 5.41 Å². The van der Waals surface area contributed by atoms with Crippen molar-refractivity contribution in [3.8, 4) is 61.3 Å². The van der Waals surface area contributed by atoms with Crippen LogP contribution in [0.1, 0.15) is 23.6 Å². The van der Waals surface area contributed by atoms with Crippen LogP contribution in [0, 0.1) is 0 Å². The molecular weight excluding hydrogens is 893 g/mol. The van der Waals surface area contributed by atoms with E-state index in [1.165, 1.54) is 93.8 Å². The number of rotatable bonds is 9. The summed E-state index contributed by atoms with van der Waals surface area (Å²) in [5.74, 6) is 0. The van der Waals surface area contributed by atoms with E-state index in [0.717, 1.165) is 33.9 Å². The van der Waals surface area contributed by atoms with E-state index in [4.69, 9.17) is 0 Å². The summed E-state index contributed by atoms with van der Waals surface area (Å²) in [4.78, 5) is 2.45. The van der Waals surface area contributed by atoms with E-state index < -0.39 is 0 Å². The Bertz CT molecular complexity index is 4220. The third-order valence-electron chi connectivity index (χ3n) is 15.7. The van der Waals surface area contributed by atoms with Crippen LogP contribution in [0.3, 0.4) is 0 Å². The zero-order valence-corrected chi connectivity index (χ0v) is 41.0. The van der Waals surface area contributed by atoms with Crippen LogP contribution >= 0.6 is 0 Å². The van der Waals surface area contributed by atoms with E-state index in [9.17, 15) is 0 Å². The normalized spacial score (nSPS) is 13.8. The Hall–Kier alpha value is -9.50. The van der Waals surface area contributed by atoms with Gasteiger partial charge in [-0.15, -0.1) is 0 Å². The van der Waals surface area contributed by atoms with Crippen molar-refractivity contribution in [2.24, 2.45) is 0 Å². The largest absolute Gasteiger partial charge is 0.310 e. The molecule has 0 saturated heterocycles. The first-order valence-electron chi connectivity index (χ1n) is 25.7. The van der Waals surface area contributed by atoms with Crippen molar-refractivity contribution < 1.29 is 0 Å². The number of anilines is 3. The minimum atomic E-state index is -0.273. The Labute approximate surface area is 432 Å². The highest BCUT2D eigenvalue weighted by Gasteiger charge is 2.41. The first kappa shape index (κ1) is 43.3. The lowest BCUT2D eigenvalue weighted by Gasteiger charge is -2.29. The van der Waals surface area contributed by atoms with Crippen LogP contribution in [0.5, 0.6) is 0 Å². The standard InChI is InChI=1S/C72H50N2/c1-72(54-24-7-3-8-25-54)65-34-14-11-30-63(65)71-59(32-19-35-66(71)72)51-40-45-57(46-41-51)73(67-36-15-12-28-60(67)62-33-18-23-52-22-17-31-58(70(52)62)50-20-5-2-6-21-50)56-43-38-49(39-44-56)53-42-47-69-64(48-53)61-29-13-16-37-68(61)74(69)55-26-9-4-10-27-55/h2-48H,1H3. The first-order chi connectivity index (χ1) is 36.6. The number of hydrogen-bond donors (Lipinski definition) is 0. The van der Waals surface area contributed by atoms with Crippen molar-refractivity contribution in [2.75, 3.05) is 4.90 Å². The SMILES string of the molecule is CC1(c2ccccc2)c2ccccc2-c2c(-c3ccc(N(c4ccc(-c5ccc6c(c5)c5ccccc5n6-c5ccccc5)cc4)c4ccccc4-c4cccc5cccc(-c6ccccc6)c45)cc3)cccc21. The highest BCUT2D eigenvalue weighted by Crippen LogP contribution is 2.55. The zero-order chi connectivity index (χ0) is 49.2. The minimum Gasteiger partial charge on any atom is -0.310 e. The number of hydrogen-bond acceptors (Lipinski definition) is 1. The van der Waals surface area contributed by atoms with Crippen molar-refractivity contribution >= 4 is 49.6 Å². The van der Waals surface area contributed by atoms with Gasteiger partial charge >= 0.3 is 0 Å². The number of benzene rings is 12. The molecule has 0 N–H and O–H groups in total. The molecule has 0 bridgehead atoms. The molecular formula is C72H50N2. The zero-order valence-electron chi connectivity index (χ0n) is 41.0. The van der Waals surface area contributed by atoms with E-state index in [2.05, 4.69) is 302 Å². The summed E-state index contributed by atoms with van der Waals surface area (Å²) in [7, 11) is 0. The Balaban J connectivity index is 0.917. The smallest absolute Gasteiger partial charge is 0.0541 e. The lowest BCUT2D eigenvalue weighted by Crippen LogP contribution is -2.22. The highest BCUT2D eigenvalue weighted by atomic mass is 15.1. The second kappa shape index (κ2) is 17.7. The van der Waals surface area contributed by atoms with Crippen molar-refractivity contribution in [2.45, 2.75) is 12.3 Å². The number of para-hydroxylation sites is 3. The number of fused-ring (bicyclic) bond motifs is 7. The Morgan fingerprint density at radius 2 is 0.865 bits per heavy atom. The molecule has 348 valence electrons. The summed E-state index contributed by atoms with van der Waals surface area (Å²) in [6, 6.07) is 105. The van der Waals surface area contributed by atoms with Gasteiger partial charge in [0.1, 0.15) is 0 Å². The Morgan fingerprint density at radius 1 is 0.338 bits per heavy atom. The molecule has 14 rings (SSSR count). The minimum absolute atomic E-state index is 0.273. The van der Waals surface area contributed by atoms with Gasteiger partial charge in [-0.3, -0.25) is 0 Å². The summed E-state index contributed by atoms with van der Waals surface area (Å²) >= 11 is 0. The molecule has 1 aromatic heterocycles. The van der Waals surface area contributed by atoms with Gasteiger partial charge in [0, 0.05) is 38.8 Å². The van der Waals surface area contributed by atoms with Gasteiger partial charge in [-0.2, -0.15) is 0 Å². The van der Waals surface area contributed by atoms with Crippen molar-refractivity contribution in [3.05, 3.63) is 302 Å². The predicted molar refractivity (Wildman–Crippen MR) is 312 cm³/mol. The fraction of sp³-hybridized carbons (Fsp3) is 0.0278. The molecule has 12 aromatic carbocycles. The molecule has 13 aromatic rings. The second-order valence-electron chi connectivity index (χ2n) is 19.7. The Kier molecular flexibility index (Phi) is 10.3. The molecule has 1 aliphatic carbocycles. The van der Waals surface area contributed by atoms with Crippen molar-refractivity contribution in [1.82, 2.24) is 4.57 Å². The van der Waals surface area contributed by atoms with Crippen LogP contribution < -0.4 is 4.90 Å². The van der Waals surface area contributed by atoms with Crippen LogP contribution in [0.25, 0.3) is 93.9 Å². The molecule has 0 saturated carbocycles. The quantitative estimate of drug-likeness (QED) is 0.140. The van der Waals surface area contributed by atoms with Crippen LogP contribution in [-0.4, -0.2) is 4.57 Å². The summed E-state index contributed by atoms with van der Waals surface area (Å²) < 4.78 is 2.38. The van der Waals surface area contributed by atoms with Crippen LogP contribution in [0.2, 0.25) is 0 Å². The molecule has 0 radical (unpaired) electrons. The summed E-state index contributed by atoms with van der Waals surface area (Å²) in [6.07, 6.45) is 0. The van der Waals surface area contributed by atoms with Crippen molar-refractivity contribution in [3.63, 3.8) is 0 Å². The average Bonchev–Trinajstić information content (AvgIpc) is 3.97. The van der Waals surface area contributed by atoms with Gasteiger partial charge in [-0.25, -0.2) is 0 Å². The predicted octanol–water partition coefficient (Wildman–Crippen LogP) is 19.4. The van der Waals surface area contributed by atoms with Gasteiger partial charge in [0.05, 0.1) is 16.7 Å². The van der Waals surface area contributed by atoms with E-state index in [0.29, 0.717) is 0 Å². The van der Waals surface area contributed by atoms with Gasteiger partial charge < -0.3 is 9.47 Å².